The van der Waals surface area contributed by atoms with Gasteiger partial charge in [0.05, 0.1) is 11.6 Å². The van der Waals surface area contributed by atoms with E-state index in [0.717, 1.165) is 0 Å². The number of carbonyl (C=O) groups is 2. The molecular weight excluding hydrogens is 286 g/mol. The molecule has 0 aromatic heterocycles. The van der Waals surface area contributed by atoms with Crippen molar-refractivity contribution in [3.63, 3.8) is 0 Å². The summed E-state index contributed by atoms with van der Waals surface area (Å²) < 4.78 is 10.1. The van der Waals surface area contributed by atoms with Gasteiger partial charge in [0, 0.05) is 13.2 Å². The number of methoxy groups -OCH3 is 1. The Kier molecular flexibility index (Phi) is 6.27. The summed E-state index contributed by atoms with van der Waals surface area (Å²) in [5.41, 5.74) is -0.0877. The molecule has 2 N–H and O–H groups in total. The van der Waals surface area contributed by atoms with E-state index in [9.17, 15) is 9.59 Å². The molecule has 7 heteroatoms. The number of ether oxygens (including phenoxy) is 2. The molecule has 0 heterocycles. The van der Waals surface area contributed by atoms with Gasteiger partial charge >= 0.3 is 5.97 Å². The lowest BCUT2D eigenvalue weighted by atomic mass is 10.2. The van der Waals surface area contributed by atoms with E-state index in [-0.39, 0.29) is 34.9 Å². The van der Waals surface area contributed by atoms with Gasteiger partial charge in [0.2, 0.25) is 0 Å². The number of hydrogen-bond acceptors (Lipinski definition) is 4. The maximum atomic E-state index is 11.6. The summed E-state index contributed by atoms with van der Waals surface area (Å²) >= 11 is 5.87. The van der Waals surface area contributed by atoms with Crippen LogP contribution >= 0.6 is 11.6 Å². The van der Waals surface area contributed by atoms with Crippen molar-refractivity contribution in [3.8, 4) is 5.75 Å². The van der Waals surface area contributed by atoms with Gasteiger partial charge in [-0.05, 0) is 19.1 Å². The summed E-state index contributed by atoms with van der Waals surface area (Å²) in [5, 5.41) is 11.8. The van der Waals surface area contributed by atoms with Gasteiger partial charge in [-0.1, -0.05) is 17.7 Å². The first kappa shape index (κ1) is 16.3. The van der Waals surface area contributed by atoms with E-state index in [4.69, 9.17) is 26.2 Å². The maximum Gasteiger partial charge on any atom is 0.339 e. The van der Waals surface area contributed by atoms with Gasteiger partial charge in [-0.15, -0.1) is 0 Å². The minimum Gasteiger partial charge on any atom is -0.481 e. The maximum absolute atomic E-state index is 11.6. The predicted octanol–water partition coefficient (Wildman–Crippen LogP) is 1.57. The average Bonchev–Trinajstić information content (AvgIpc) is 2.37. The number of amides is 1. The van der Waals surface area contributed by atoms with Gasteiger partial charge in [0.25, 0.3) is 5.91 Å². The van der Waals surface area contributed by atoms with E-state index >= 15 is 0 Å². The molecule has 0 bridgehead atoms. The van der Waals surface area contributed by atoms with E-state index in [1.807, 2.05) is 0 Å². The Morgan fingerprint density at radius 2 is 2.15 bits per heavy atom. The molecule has 0 fully saturated rings. The second-order valence-corrected chi connectivity index (χ2v) is 4.54. The first-order valence-corrected chi connectivity index (χ1v) is 6.26. The van der Waals surface area contributed by atoms with Crippen molar-refractivity contribution in [1.29, 1.82) is 0 Å². The standard InChI is InChI=1S/C13H16ClNO5/c1-8(6-19-2)15-11(16)7-20-12-9(13(17)18)4-3-5-10(12)14/h3-5,8H,6-7H2,1-2H3,(H,15,16)(H,17,18). The molecule has 20 heavy (non-hydrogen) atoms. The molecule has 6 nitrogen and oxygen atoms in total. The number of carbonyl (C=O) groups excluding carboxylic acids is 1. The zero-order valence-electron chi connectivity index (χ0n) is 11.2. The van der Waals surface area contributed by atoms with Gasteiger partial charge in [0.15, 0.2) is 12.4 Å². The van der Waals surface area contributed by atoms with Crippen LogP contribution in [-0.4, -0.2) is 43.3 Å². The minimum absolute atomic E-state index is 0.0174. The van der Waals surface area contributed by atoms with Crippen LogP contribution in [-0.2, 0) is 9.53 Å². The Morgan fingerprint density at radius 1 is 1.45 bits per heavy atom. The highest BCUT2D eigenvalue weighted by molar-refractivity contribution is 6.32. The summed E-state index contributed by atoms with van der Waals surface area (Å²) in [6.45, 7) is 1.83. The number of hydrogen-bond donors (Lipinski definition) is 2. The van der Waals surface area contributed by atoms with Crippen LogP contribution < -0.4 is 10.1 Å². The van der Waals surface area contributed by atoms with Crippen molar-refractivity contribution in [2.75, 3.05) is 20.3 Å². The Balaban J connectivity index is 2.66. The summed E-state index contributed by atoms with van der Waals surface area (Å²) in [6, 6.07) is 4.18. The number of carboxylic acid groups (broad SMARTS) is 1. The van der Waals surface area contributed by atoms with Crippen LogP contribution in [0, 0.1) is 0 Å². The van der Waals surface area contributed by atoms with Crippen LogP contribution in [0.2, 0.25) is 5.02 Å². The third-order valence-electron chi connectivity index (χ3n) is 2.37. The Morgan fingerprint density at radius 3 is 2.75 bits per heavy atom. The van der Waals surface area contributed by atoms with Crippen LogP contribution in [0.3, 0.4) is 0 Å². The molecule has 0 aliphatic heterocycles. The predicted molar refractivity (Wildman–Crippen MR) is 73.4 cm³/mol. The van der Waals surface area contributed by atoms with Gasteiger partial charge in [-0.3, -0.25) is 4.79 Å². The van der Waals surface area contributed by atoms with E-state index in [2.05, 4.69) is 5.32 Å². The number of aromatic carboxylic acids is 1. The molecule has 110 valence electrons. The Hall–Kier alpha value is -1.79. The molecular formula is C13H16ClNO5. The number of halogens is 1. The van der Waals surface area contributed by atoms with Gasteiger partial charge in [0.1, 0.15) is 5.56 Å². The lowest BCUT2D eigenvalue weighted by Gasteiger charge is -2.14. The minimum atomic E-state index is -1.17. The van der Waals surface area contributed by atoms with E-state index < -0.39 is 5.97 Å². The zero-order valence-corrected chi connectivity index (χ0v) is 11.9. The molecule has 0 radical (unpaired) electrons. The summed E-state index contributed by atoms with van der Waals surface area (Å²) in [4.78, 5) is 22.6. The monoisotopic (exact) mass is 301 g/mol. The Labute approximate surface area is 121 Å². The SMILES string of the molecule is COCC(C)NC(=O)COc1c(Cl)cccc1C(=O)O. The van der Waals surface area contributed by atoms with Crippen molar-refractivity contribution in [2.24, 2.45) is 0 Å². The summed E-state index contributed by atoms with van der Waals surface area (Å²) in [5.74, 6) is -1.57. The van der Waals surface area contributed by atoms with Crippen LogP contribution in [0.4, 0.5) is 0 Å². The van der Waals surface area contributed by atoms with Crippen LogP contribution in [0.1, 0.15) is 17.3 Å². The second kappa shape index (κ2) is 7.72. The molecule has 0 aliphatic rings. The third-order valence-corrected chi connectivity index (χ3v) is 2.67. The number of benzene rings is 1. The Bertz CT molecular complexity index is 492. The molecule has 1 aromatic carbocycles. The largest absolute Gasteiger partial charge is 0.481 e. The fourth-order valence-electron chi connectivity index (χ4n) is 1.57. The second-order valence-electron chi connectivity index (χ2n) is 4.13. The fourth-order valence-corrected chi connectivity index (χ4v) is 1.80. The number of rotatable bonds is 7. The molecule has 1 atom stereocenters. The molecule has 0 saturated carbocycles. The first-order valence-electron chi connectivity index (χ1n) is 5.88. The number of para-hydroxylation sites is 1. The number of nitrogens with one attached hydrogen (secondary N) is 1. The lowest BCUT2D eigenvalue weighted by molar-refractivity contribution is -0.124. The van der Waals surface area contributed by atoms with Gasteiger partial charge in [-0.25, -0.2) is 4.79 Å². The van der Waals surface area contributed by atoms with Gasteiger partial charge in [-0.2, -0.15) is 0 Å². The molecule has 1 amide bonds. The zero-order chi connectivity index (χ0) is 15.1. The van der Waals surface area contributed by atoms with Crippen molar-refractivity contribution in [2.45, 2.75) is 13.0 Å². The summed E-state index contributed by atoms with van der Waals surface area (Å²) in [6.07, 6.45) is 0. The summed E-state index contributed by atoms with van der Waals surface area (Å²) in [7, 11) is 1.53. The number of carboxylic acids is 1. The molecule has 1 aromatic rings. The van der Waals surface area contributed by atoms with Crippen LogP contribution in [0.15, 0.2) is 18.2 Å². The van der Waals surface area contributed by atoms with Crippen LogP contribution in [0.25, 0.3) is 0 Å². The fraction of sp³-hybridized carbons (Fsp3) is 0.385. The quantitative estimate of drug-likeness (QED) is 0.798. The third kappa shape index (κ3) is 4.71. The van der Waals surface area contributed by atoms with Crippen molar-refractivity contribution >= 4 is 23.5 Å². The van der Waals surface area contributed by atoms with Crippen molar-refractivity contribution in [3.05, 3.63) is 28.8 Å². The van der Waals surface area contributed by atoms with E-state index in [0.29, 0.717) is 6.61 Å². The van der Waals surface area contributed by atoms with Crippen molar-refractivity contribution in [1.82, 2.24) is 5.32 Å². The normalized spacial score (nSPS) is 11.8. The highest BCUT2D eigenvalue weighted by Gasteiger charge is 2.16. The topological polar surface area (TPSA) is 84.9 Å². The lowest BCUT2D eigenvalue weighted by Crippen LogP contribution is -2.38. The highest BCUT2D eigenvalue weighted by Crippen LogP contribution is 2.28. The molecule has 1 rings (SSSR count). The molecule has 0 saturated heterocycles. The molecule has 0 aliphatic carbocycles. The van der Waals surface area contributed by atoms with Crippen LogP contribution in [0.5, 0.6) is 5.75 Å². The van der Waals surface area contributed by atoms with E-state index in [1.165, 1.54) is 25.3 Å². The first-order chi connectivity index (χ1) is 9.45. The highest BCUT2D eigenvalue weighted by atomic mass is 35.5. The van der Waals surface area contributed by atoms with Crippen molar-refractivity contribution < 1.29 is 24.2 Å². The van der Waals surface area contributed by atoms with E-state index in [1.54, 1.807) is 6.92 Å². The average molecular weight is 302 g/mol. The van der Waals surface area contributed by atoms with Gasteiger partial charge < -0.3 is 19.9 Å². The molecule has 1 unspecified atom stereocenters. The molecule has 0 spiro atoms. The smallest absolute Gasteiger partial charge is 0.339 e.